The molecule has 0 bridgehead atoms. The molecule has 212 valence electrons. The van der Waals surface area contributed by atoms with Crippen molar-refractivity contribution in [3.8, 4) is 11.1 Å². The number of halogens is 4. The van der Waals surface area contributed by atoms with Crippen LogP contribution in [0, 0.1) is 18.6 Å². The summed E-state index contributed by atoms with van der Waals surface area (Å²) in [5.74, 6) is -2.51. The SMILES string of the molecule is C=C(F)C(=O)N1[C@H](C)CN(c2nc(=O)n3c4c(c(-c5cc(Cl)c(F)cc5F)c(C)cc24)SC[C@@H](OC)C3)C[C@@H]1C. The molecule has 3 aromatic rings. The standard InChI is InChI=1S/C28H28ClF3N4O3S/c1-13-6-19-24-25(23(13)18-7-20(29)22(32)8-21(18)31)40-12-17(39-5)11-35(24)28(38)33-26(19)34-9-14(2)36(15(3)10-34)27(37)16(4)30/h6-8,14-15,17H,4,9-12H2,1-3,5H3/t14-,15+,17-/m0/s1. The predicted octanol–water partition coefficient (Wildman–Crippen LogP) is 5.33. The van der Waals surface area contributed by atoms with Crippen molar-refractivity contribution in [3.05, 3.63) is 63.3 Å². The Kier molecular flexibility index (Phi) is 7.66. The smallest absolute Gasteiger partial charge is 0.350 e. The van der Waals surface area contributed by atoms with Crippen molar-refractivity contribution in [2.24, 2.45) is 0 Å². The fourth-order valence-electron chi connectivity index (χ4n) is 5.73. The van der Waals surface area contributed by atoms with Crippen LogP contribution in [0.3, 0.4) is 0 Å². The van der Waals surface area contributed by atoms with Crippen LogP contribution in [-0.2, 0) is 16.1 Å². The number of rotatable bonds is 4. The summed E-state index contributed by atoms with van der Waals surface area (Å²) in [5.41, 5.74) is 1.39. The Morgan fingerprint density at radius 1 is 1.15 bits per heavy atom. The number of benzene rings is 2. The van der Waals surface area contributed by atoms with Crippen LogP contribution in [0.2, 0.25) is 5.02 Å². The van der Waals surface area contributed by atoms with E-state index in [1.807, 2.05) is 17.9 Å². The van der Waals surface area contributed by atoms with Crippen LogP contribution in [0.25, 0.3) is 22.0 Å². The van der Waals surface area contributed by atoms with Gasteiger partial charge in [0.1, 0.15) is 17.5 Å². The Morgan fingerprint density at radius 2 is 1.82 bits per heavy atom. The number of carbonyl (C=O) groups is 1. The summed E-state index contributed by atoms with van der Waals surface area (Å²) in [6.45, 7) is 9.42. The molecule has 0 spiro atoms. The van der Waals surface area contributed by atoms with Crippen LogP contribution in [-0.4, -0.2) is 64.5 Å². The quantitative estimate of drug-likeness (QED) is 0.301. The van der Waals surface area contributed by atoms with Crippen molar-refractivity contribution < 1.29 is 22.7 Å². The van der Waals surface area contributed by atoms with Gasteiger partial charge in [0.15, 0.2) is 5.83 Å². The molecule has 2 aliphatic heterocycles. The third-order valence-corrected chi connectivity index (χ3v) is 9.01. The van der Waals surface area contributed by atoms with Gasteiger partial charge in [-0.05, 0) is 38.5 Å². The molecule has 3 heterocycles. The van der Waals surface area contributed by atoms with Crippen molar-refractivity contribution in [2.45, 2.75) is 50.4 Å². The molecule has 3 atom stereocenters. The van der Waals surface area contributed by atoms with Gasteiger partial charge < -0.3 is 14.5 Å². The molecule has 12 heteroatoms. The Balaban J connectivity index is 1.74. The van der Waals surface area contributed by atoms with Crippen molar-refractivity contribution >= 4 is 46.0 Å². The molecule has 1 saturated heterocycles. The Bertz CT molecular complexity index is 1600. The minimum atomic E-state index is -1.03. The first-order valence-corrected chi connectivity index (χ1v) is 14.1. The van der Waals surface area contributed by atoms with E-state index in [1.165, 1.54) is 27.3 Å². The summed E-state index contributed by atoms with van der Waals surface area (Å²) < 4.78 is 50.1. The van der Waals surface area contributed by atoms with E-state index in [9.17, 15) is 18.4 Å². The Hall–Kier alpha value is -3.02. The third kappa shape index (κ3) is 4.77. The number of carbonyl (C=O) groups excluding carboxylic acids is 1. The molecule has 0 unspecified atom stereocenters. The Labute approximate surface area is 238 Å². The number of piperazine rings is 1. The number of methoxy groups -OCH3 is 1. The van der Waals surface area contributed by atoms with Gasteiger partial charge in [-0.2, -0.15) is 4.98 Å². The molecule has 1 aromatic heterocycles. The molecule has 2 aliphatic rings. The minimum absolute atomic E-state index is 0.127. The second-order valence-corrected chi connectivity index (χ2v) is 11.7. The zero-order valence-corrected chi connectivity index (χ0v) is 24.0. The van der Waals surface area contributed by atoms with Crippen LogP contribution >= 0.6 is 23.4 Å². The van der Waals surface area contributed by atoms with Crippen LogP contribution in [0.4, 0.5) is 19.0 Å². The summed E-state index contributed by atoms with van der Waals surface area (Å²) in [4.78, 5) is 34.5. The van der Waals surface area contributed by atoms with Gasteiger partial charge in [-0.1, -0.05) is 18.2 Å². The number of aromatic nitrogens is 2. The number of amides is 1. The zero-order valence-electron chi connectivity index (χ0n) is 22.4. The highest BCUT2D eigenvalue weighted by Crippen LogP contribution is 2.45. The van der Waals surface area contributed by atoms with E-state index in [1.54, 1.807) is 21.0 Å². The highest BCUT2D eigenvalue weighted by Gasteiger charge is 2.36. The van der Waals surface area contributed by atoms with Crippen LogP contribution < -0.4 is 10.6 Å². The largest absolute Gasteiger partial charge is 0.379 e. The van der Waals surface area contributed by atoms with Gasteiger partial charge in [-0.3, -0.25) is 9.36 Å². The molecule has 5 rings (SSSR count). The fourth-order valence-corrected chi connectivity index (χ4v) is 7.26. The van der Waals surface area contributed by atoms with Crippen molar-refractivity contribution in [1.82, 2.24) is 14.5 Å². The molecule has 0 radical (unpaired) electrons. The predicted molar refractivity (Wildman–Crippen MR) is 151 cm³/mol. The van der Waals surface area contributed by atoms with E-state index in [0.29, 0.717) is 51.6 Å². The van der Waals surface area contributed by atoms with Crippen LogP contribution in [0.1, 0.15) is 19.4 Å². The van der Waals surface area contributed by atoms with E-state index >= 15 is 4.39 Å². The normalized spacial score (nSPS) is 21.1. The van der Waals surface area contributed by atoms with Gasteiger partial charge in [0, 0.05) is 65.5 Å². The van der Waals surface area contributed by atoms with Crippen molar-refractivity contribution in [1.29, 1.82) is 0 Å². The number of aryl methyl sites for hydroxylation is 1. The maximum absolute atomic E-state index is 15.2. The number of hydrogen-bond donors (Lipinski definition) is 0. The Morgan fingerprint density at radius 3 is 2.45 bits per heavy atom. The van der Waals surface area contributed by atoms with Crippen LogP contribution in [0.5, 0.6) is 0 Å². The fraction of sp³-hybridized carbons (Fsp3) is 0.393. The van der Waals surface area contributed by atoms with Gasteiger partial charge in [0.25, 0.3) is 5.91 Å². The first-order chi connectivity index (χ1) is 18.9. The lowest BCUT2D eigenvalue weighted by molar-refractivity contribution is -0.133. The summed E-state index contributed by atoms with van der Waals surface area (Å²) in [5, 5.41) is 0.457. The number of thioether (sulfide) groups is 1. The summed E-state index contributed by atoms with van der Waals surface area (Å²) in [6, 6.07) is 3.09. The molecule has 7 nitrogen and oxygen atoms in total. The van der Waals surface area contributed by atoms with Gasteiger partial charge in [0.2, 0.25) is 0 Å². The molecule has 1 fully saturated rings. The molecule has 2 aromatic carbocycles. The van der Waals surface area contributed by atoms with Crippen LogP contribution in [0.15, 0.2) is 40.3 Å². The lowest BCUT2D eigenvalue weighted by atomic mass is 9.97. The second kappa shape index (κ2) is 10.8. The molecule has 1 amide bonds. The molecule has 0 aliphatic carbocycles. The average Bonchev–Trinajstić information content (AvgIpc) is 3.09. The topological polar surface area (TPSA) is 67.7 Å². The number of anilines is 1. The lowest BCUT2D eigenvalue weighted by Gasteiger charge is -2.44. The summed E-state index contributed by atoms with van der Waals surface area (Å²) in [6.07, 6.45) is -0.316. The minimum Gasteiger partial charge on any atom is -0.379 e. The summed E-state index contributed by atoms with van der Waals surface area (Å²) >= 11 is 7.48. The maximum atomic E-state index is 15.2. The van der Waals surface area contributed by atoms with Crippen molar-refractivity contribution in [2.75, 3.05) is 30.9 Å². The molecular weight excluding hydrogens is 565 g/mol. The second-order valence-electron chi connectivity index (χ2n) is 10.3. The monoisotopic (exact) mass is 592 g/mol. The molecule has 40 heavy (non-hydrogen) atoms. The third-order valence-electron chi connectivity index (χ3n) is 7.49. The number of ether oxygens (including phenoxy) is 1. The highest BCUT2D eigenvalue weighted by molar-refractivity contribution is 7.99. The van der Waals surface area contributed by atoms with E-state index in [0.717, 1.165) is 6.07 Å². The van der Waals surface area contributed by atoms with Gasteiger partial charge >= 0.3 is 5.69 Å². The first-order valence-electron chi connectivity index (χ1n) is 12.7. The van der Waals surface area contributed by atoms with E-state index in [-0.39, 0.29) is 35.3 Å². The zero-order chi connectivity index (χ0) is 29.0. The van der Waals surface area contributed by atoms with Crippen molar-refractivity contribution in [3.63, 3.8) is 0 Å². The summed E-state index contributed by atoms with van der Waals surface area (Å²) in [7, 11) is 1.56. The van der Waals surface area contributed by atoms with Gasteiger partial charge in [-0.25, -0.2) is 18.0 Å². The number of hydrogen-bond acceptors (Lipinski definition) is 6. The van der Waals surface area contributed by atoms with E-state index in [4.69, 9.17) is 16.3 Å². The van der Waals surface area contributed by atoms with E-state index < -0.39 is 29.1 Å². The first kappa shape index (κ1) is 28.5. The molecule has 0 N–H and O–H groups in total. The lowest BCUT2D eigenvalue weighted by Crippen LogP contribution is -2.59. The molecular formula is C28H28ClF3N4O3S. The number of nitrogens with zero attached hydrogens (tertiary/aromatic N) is 4. The molecule has 0 saturated carbocycles. The van der Waals surface area contributed by atoms with Gasteiger partial charge in [0.05, 0.1) is 23.2 Å². The van der Waals surface area contributed by atoms with E-state index in [2.05, 4.69) is 11.6 Å². The highest BCUT2D eigenvalue weighted by atomic mass is 35.5. The average molecular weight is 593 g/mol. The van der Waals surface area contributed by atoms with Gasteiger partial charge in [-0.15, -0.1) is 11.8 Å². The maximum Gasteiger partial charge on any atom is 0.350 e.